The van der Waals surface area contributed by atoms with Crippen LogP contribution in [0.25, 0.3) is 0 Å². The Hall–Kier alpha value is -0.630. The van der Waals surface area contributed by atoms with Crippen molar-refractivity contribution in [2.45, 2.75) is 26.2 Å². The van der Waals surface area contributed by atoms with Crippen molar-refractivity contribution in [1.82, 2.24) is 0 Å². The minimum Gasteiger partial charge on any atom is -0.295 e. The van der Waals surface area contributed by atoms with Gasteiger partial charge in [-0.1, -0.05) is 20.8 Å². The fourth-order valence-electron chi connectivity index (χ4n) is 0.953. The molecule has 0 amide bonds. The van der Waals surface area contributed by atoms with Crippen molar-refractivity contribution in [3.05, 3.63) is 21.9 Å². The highest BCUT2D eigenvalue weighted by Gasteiger charge is 2.15. The Labute approximate surface area is 78.2 Å². The van der Waals surface area contributed by atoms with Crippen molar-refractivity contribution in [1.29, 1.82) is 0 Å². The Balaban J connectivity index is 2.92. The van der Waals surface area contributed by atoms with Gasteiger partial charge in [-0.3, -0.25) is 4.99 Å². The quantitative estimate of drug-likeness (QED) is 0.590. The summed E-state index contributed by atoms with van der Waals surface area (Å²) in [6.45, 7) is 6.68. The van der Waals surface area contributed by atoms with E-state index in [1.165, 1.54) is 9.75 Å². The van der Waals surface area contributed by atoms with E-state index in [0.29, 0.717) is 0 Å². The third kappa shape index (κ3) is 2.18. The molecule has 0 radical (unpaired) electrons. The van der Waals surface area contributed by atoms with Gasteiger partial charge in [-0.05, 0) is 17.5 Å². The van der Waals surface area contributed by atoms with Gasteiger partial charge in [0.2, 0.25) is 0 Å². The number of hydrogen-bond acceptors (Lipinski definition) is 2. The van der Waals surface area contributed by atoms with Crippen LogP contribution in [-0.4, -0.2) is 13.3 Å². The molecule has 0 N–H and O–H groups in total. The molecule has 0 saturated carbocycles. The van der Waals surface area contributed by atoms with E-state index >= 15 is 0 Å². The molecule has 12 heavy (non-hydrogen) atoms. The molecule has 0 aromatic carbocycles. The fraction of sp³-hybridized carbons (Fsp3) is 0.500. The Morgan fingerprint density at radius 1 is 1.33 bits per heavy atom. The second-order valence-electron chi connectivity index (χ2n) is 3.84. The molecule has 66 valence electrons. The second-order valence-corrected chi connectivity index (χ2v) is 4.95. The zero-order valence-corrected chi connectivity index (χ0v) is 8.90. The number of nitrogens with zero attached hydrogens (tertiary/aromatic N) is 1. The Kier molecular flexibility index (Phi) is 2.68. The van der Waals surface area contributed by atoms with Crippen molar-refractivity contribution in [3.8, 4) is 0 Å². The summed E-state index contributed by atoms with van der Waals surface area (Å²) in [5.41, 5.74) is 0.268. The number of rotatable bonds is 1. The number of thiophene rings is 1. The third-order valence-electron chi connectivity index (χ3n) is 1.62. The van der Waals surface area contributed by atoms with Gasteiger partial charge in [0.15, 0.2) is 0 Å². The second kappa shape index (κ2) is 3.40. The van der Waals surface area contributed by atoms with E-state index in [1.807, 2.05) is 17.6 Å². The van der Waals surface area contributed by atoms with E-state index in [1.54, 1.807) is 7.05 Å². The predicted octanol–water partition coefficient (Wildman–Crippen LogP) is 3.09. The van der Waals surface area contributed by atoms with Gasteiger partial charge in [0.1, 0.15) is 0 Å². The van der Waals surface area contributed by atoms with Crippen LogP contribution >= 0.6 is 11.3 Å². The lowest BCUT2D eigenvalue weighted by atomic mass is 9.95. The van der Waals surface area contributed by atoms with Crippen LogP contribution in [0, 0.1) is 0 Å². The lowest BCUT2D eigenvalue weighted by molar-refractivity contribution is 0.604. The molecule has 0 atom stereocenters. The van der Waals surface area contributed by atoms with Crippen molar-refractivity contribution in [2.24, 2.45) is 4.99 Å². The zero-order chi connectivity index (χ0) is 9.19. The summed E-state index contributed by atoms with van der Waals surface area (Å²) in [6, 6.07) is 4.31. The molecule has 1 aromatic heterocycles. The van der Waals surface area contributed by atoms with Crippen LogP contribution in [0.4, 0.5) is 0 Å². The maximum Gasteiger partial charge on any atom is 0.0451 e. The molecular weight excluding hydrogens is 166 g/mol. The van der Waals surface area contributed by atoms with Crippen molar-refractivity contribution in [2.75, 3.05) is 7.05 Å². The molecule has 2 heteroatoms. The van der Waals surface area contributed by atoms with Crippen LogP contribution < -0.4 is 0 Å². The standard InChI is InChI=1S/C10H15NS/c1-10(2,3)9-6-5-8(12-9)7-11-4/h5-7H,1-4H3. The lowest BCUT2D eigenvalue weighted by Crippen LogP contribution is -2.07. The molecule has 0 aliphatic rings. The van der Waals surface area contributed by atoms with Crippen molar-refractivity contribution < 1.29 is 0 Å². The van der Waals surface area contributed by atoms with Crippen LogP contribution in [0.2, 0.25) is 0 Å². The summed E-state index contributed by atoms with van der Waals surface area (Å²) in [5.74, 6) is 0. The SMILES string of the molecule is CN=Cc1ccc(C(C)(C)C)s1. The topological polar surface area (TPSA) is 12.4 Å². The van der Waals surface area contributed by atoms with Crippen LogP contribution in [0.3, 0.4) is 0 Å². The molecule has 0 aliphatic carbocycles. The molecule has 0 unspecified atom stereocenters. The van der Waals surface area contributed by atoms with E-state index < -0.39 is 0 Å². The Morgan fingerprint density at radius 3 is 2.42 bits per heavy atom. The fourth-order valence-corrected chi connectivity index (χ4v) is 1.94. The third-order valence-corrected chi connectivity index (χ3v) is 3.07. The van der Waals surface area contributed by atoms with Gasteiger partial charge < -0.3 is 0 Å². The summed E-state index contributed by atoms with van der Waals surface area (Å²) in [5, 5.41) is 0. The molecule has 0 aliphatic heterocycles. The number of aliphatic imine (C=N–C) groups is 1. The summed E-state index contributed by atoms with van der Waals surface area (Å²) in [4.78, 5) is 6.64. The minimum absolute atomic E-state index is 0.268. The smallest absolute Gasteiger partial charge is 0.0451 e. The van der Waals surface area contributed by atoms with Gasteiger partial charge in [0.25, 0.3) is 0 Å². The minimum atomic E-state index is 0.268. The summed E-state index contributed by atoms with van der Waals surface area (Å²) in [6.07, 6.45) is 1.90. The monoisotopic (exact) mass is 181 g/mol. The molecule has 1 heterocycles. The molecule has 0 spiro atoms. The van der Waals surface area contributed by atoms with Gasteiger partial charge in [0, 0.05) is 23.0 Å². The normalized spacial score (nSPS) is 12.7. The van der Waals surface area contributed by atoms with Crippen LogP contribution in [-0.2, 0) is 5.41 Å². The van der Waals surface area contributed by atoms with E-state index in [9.17, 15) is 0 Å². The van der Waals surface area contributed by atoms with E-state index in [2.05, 4.69) is 37.9 Å². The average Bonchev–Trinajstić information content (AvgIpc) is 2.35. The molecule has 0 fully saturated rings. The Bertz CT molecular complexity index is 278. The van der Waals surface area contributed by atoms with Crippen LogP contribution in [0.5, 0.6) is 0 Å². The molecule has 1 aromatic rings. The highest BCUT2D eigenvalue weighted by molar-refractivity contribution is 7.13. The summed E-state index contributed by atoms with van der Waals surface area (Å²) >= 11 is 1.82. The lowest BCUT2D eigenvalue weighted by Gasteiger charge is -2.14. The first-order chi connectivity index (χ1) is 5.54. The van der Waals surface area contributed by atoms with Gasteiger partial charge in [-0.25, -0.2) is 0 Å². The maximum atomic E-state index is 3.99. The summed E-state index contributed by atoms with van der Waals surface area (Å²) in [7, 11) is 1.80. The van der Waals surface area contributed by atoms with Gasteiger partial charge in [-0.2, -0.15) is 0 Å². The molecule has 0 saturated heterocycles. The average molecular weight is 181 g/mol. The van der Waals surface area contributed by atoms with Gasteiger partial charge >= 0.3 is 0 Å². The zero-order valence-electron chi connectivity index (χ0n) is 8.09. The van der Waals surface area contributed by atoms with Crippen LogP contribution in [0.15, 0.2) is 17.1 Å². The first-order valence-corrected chi connectivity index (χ1v) is 4.88. The first kappa shape index (κ1) is 9.46. The van der Waals surface area contributed by atoms with E-state index in [-0.39, 0.29) is 5.41 Å². The molecule has 0 bridgehead atoms. The van der Waals surface area contributed by atoms with Crippen LogP contribution in [0.1, 0.15) is 30.5 Å². The van der Waals surface area contributed by atoms with Crippen molar-refractivity contribution in [3.63, 3.8) is 0 Å². The first-order valence-electron chi connectivity index (χ1n) is 4.06. The maximum absolute atomic E-state index is 3.99. The predicted molar refractivity (Wildman–Crippen MR) is 56.5 cm³/mol. The molecule has 1 nitrogen and oxygen atoms in total. The largest absolute Gasteiger partial charge is 0.295 e. The van der Waals surface area contributed by atoms with Gasteiger partial charge in [-0.15, -0.1) is 11.3 Å². The summed E-state index contributed by atoms with van der Waals surface area (Å²) < 4.78 is 0. The highest BCUT2D eigenvalue weighted by Crippen LogP contribution is 2.28. The van der Waals surface area contributed by atoms with E-state index in [0.717, 1.165) is 0 Å². The molecule has 1 rings (SSSR count). The Morgan fingerprint density at radius 2 is 2.00 bits per heavy atom. The number of hydrogen-bond donors (Lipinski definition) is 0. The van der Waals surface area contributed by atoms with Gasteiger partial charge in [0.05, 0.1) is 0 Å². The molecular formula is C10H15NS. The van der Waals surface area contributed by atoms with E-state index in [4.69, 9.17) is 0 Å². The van der Waals surface area contributed by atoms with Crippen molar-refractivity contribution >= 4 is 17.6 Å². The highest BCUT2D eigenvalue weighted by atomic mass is 32.1.